The lowest BCUT2D eigenvalue weighted by atomic mass is 9.86. The fourth-order valence-corrected chi connectivity index (χ4v) is 2.32. The largest absolute Gasteiger partial charge is 0.381 e. The maximum absolute atomic E-state index is 12.3. The summed E-state index contributed by atoms with van der Waals surface area (Å²) in [5, 5.41) is 2.24. The molecule has 2 fully saturated rings. The lowest BCUT2D eigenvalue weighted by Gasteiger charge is -2.39. The summed E-state index contributed by atoms with van der Waals surface area (Å²) in [6, 6.07) is -0.879. The number of nitrogens with zero attached hydrogens (tertiary/aromatic N) is 1. The Labute approximate surface area is 106 Å². The number of urea groups is 1. The van der Waals surface area contributed by atoms with E-state index >= 15 is 0 Å². The smallest absolute Gasteiger partial charge is 0.331 e. The van der Waals surface area contributed by atoms with Gasteiger partial charge in [-0.25, -0.2) is 4.79 Å². The highest BCUT2D eigenvalue weighted by atomic mass is 16.5. The van der Waals surface area contributed by atoms with Crippen LogP contribution in [0.5, 0.6) is 0 Å². The Morgan fingerprint density at radius 1 is 1.39 bits per heavy atom. The molecule has 6 nitrogen and oxygen atoms in total. The molecule has 0 aromatic rings. The summed E-state index contributed by atoms with van der Waals surface area (Å²) >= 11 is 0. The van der Waals surface area contributed by atoms with Crippen molar-refractivity contribution in [1.82, 2.24) is 10.2 Å². The van der Waals surface area contributed by atoms with E-state index in [9.17, 15) is 14.4 Å². The first-order valence-electron chi connectivity index (χ1n) is 6.12. The number of barbiturate groups is 1. The summed E-state index contributed by atoms with van der Waals surface area (Å²) in [6.45, 7) is 6.08. The number of rotatable bonds is 2. The van der Waals surface area contributed by atoms with Gasteiger partial charge in [-0.1, -0.05) is 0 Å². The van der Waals surface area contributed by atoms with Crippen LogP contribution in [0.2, 0.25) is 0 Å². The van der Waals surface area contributed by atoms with Gasteiger partial charge >= 0.3 is 6.03 Å². The van der Waals surface area contributed by atoms with Crippen molar-refractivity contribution in [1.29, 1.82) is 0 Å². The minimum atomic E-state index is -1.19. The van der Waals surface area contributed by atoms with E-state index in [2.05, 4.69) is 5.32 Å². The number of ether oxygens (including phenoxy) is 1. The van der Waals surface area contributed by atoms with E-state index in [0.29, 0.717) is 13.2 Å². The second-order valence-corrected chi connectivity index (χ2v) is 5.42. The summed E-state index contributed by atoms with van der Waals surface area (Å²) in [6.07, 6.45) is 0.826. The third-order valence-corrected chi connectivity index (χ3v) is 3.81. The summed E-state index contributed by atoms with van der Waals surface area (Å²) in [7, 11) is 0. The van der Waals surface area contributed by atoms with Crippen molar-refractivity contribution in [2.75, 3.05) is 13.2 Å². The molecule has 6 heteroatoms. The van der Waals surface area contributed by atoms with E-state index < -0.39 is 23.3 Å². The predicted molar refractivity (Wildman–Crippen MR) is 62.6 cm³/mol. The Morgan fingerprint density at radius 3 is 2.61 bits per heavy atom. The topological polar surface area (TPSA) is 75.7 Å². The Morgan fingerprint density at radius 2 is 2.06 bits per heavy atom. The molecule has 2 aliphatic heterocycles. The van der Waals surface area contributed by atoms with Crippen molar-refractivity contribution in [3.63, 3.8) is 0 Å². The molecule has 2 atom stereocenters. The molecule has 0 saturated carbocycles. The van der Waals surface area contributed by atoms with Crippen LogP contribution in [-0.4, -0.2) is 42.0 Å². The third-order valence-electron chi connectivity index (χ3n) is 3.81. The third kappa shape index (κ3) is 1.90. The molecule has 2 saturated heterocycles. The molecule has 0 bridgehead atoms. The fourth-order valence-electron chi connectivity index (χ4n) is 2.32. The van der Waals surface area contributed by atoms with Gasteiger partial charge in [-0.2, -0.15) is 0 Å². The maximum Gasteiger partial charge on any atom is 0.331 e. The van der Waals surface area contributed by atoms with Crippen LogP contribution in [0.15, 0.2) is 0 Å². The molecular formula is C12H18N2O4. The fraction of sp³-hybridized carbons (Fsp3) is 0.750. The average Bonchev–Trinajstić information content (AvgIpc) is 2.80. The molecule has 2 heterocycles. The molecule has 0 aliphatic carbocycles. The predicted octanol–water partition coefficient (Wildman–Crippen LogP) is 0.516. The molecule has 4 amide bonds. The van der Waals surface area contributed by atoms with E-state index in [1.807, 2.05) is 6.92 Å². The average molecular weight is 254 g/mol. The van der Waals surface area contributed by atoms with Gasteiger partial charge in [0.1, 0.15) is 5.41 Å². The van der Waals surface area contributed by atoms with Crippen LogP contribution in [0.1, 0.15) is 27.2 Å². The van der Waals surface area contributed by atoms with Gasteiger partial charge in [-0.15, -0.1) is 0 Å². The second-order valence-electron chi connectivity index (χ2n) is 5.42. The maximum atomic E-state index is 12.3. The second kappa shape index (κ2) is 4.35. The first-order chi connectivity index (χ1) is 8.35. The van der Waals surface area contributed by atoms with Crippen molar-refractivity contribution >= 4 is 17.8 Å². The normalized spacial score (nSPS) is 29.4. The van der Waals surface area contributed by atoms with E-state index in [4.69, 9.17) is 4.74 Å². The van der Waals surface area contributed by atoms with Crippen molar-refractivity contribution in [3.05, 3.63) is 0 Å². The van der Waals surface area contributed by atoms with Gasteiger partial charge < -0.3 is 4.74 Å². The number of carbonyl (C=O) groups excluding carboxylic acids is 3. The number of nitrogens with one attached hydrogen (secondary N) is 1. The van der Waals surface area contributed by atoms with Gasteiger partial charge in [0.2, 0.25) is 11.8 Å². The van der Waals surface area contributed by atoms with Crippen LogP contribution in [0, 0.1) is 11.3 Å². The quantitative estimate of drug-likeness (QED) is 0.729. The van der Waals surface area contributed by atoms with Gasteiger partial charge in [0.05, 0.1) is 6.61 Å². The molecule has 0 aromatic carbocycles. The molecular weight excluding hydrogens is 236 g/mol. The van der Waals surface area contributed by atoms with Gasteiger partial charge in [0, 0.05) is 18.6 Å². The zero-order chi connectivity index (χ0) is 13.5. The summed E-state index contributed by atoms with van der Waals surface area (Å²) in [5.41, 5.74) is -1.19. The first-order valence-corrected chi connectivity index (χ1v) is 6.12. The van der Waals surface area contributed by atoms with E-state index in [-0.39, 0.29) is 12.0 Å². The Hall–Kier alpha value is -1.43. The molecule has 0 spiro atoms. The lowest BCUT2D eigenvalue weighted by Crippen LogP contribution is -2.64. The van der Waals surface area contributed by atoms with E-state index in [0.717, 1.165) is 6.42 Å². The number of imide groups is 2. The van der Waals surface area contributed by atoms with Gasteiger partial charge in [-0.3, -0.25) is 19.8 Å². The lowest BCUT2D eigenvalue weighted by molar-refractivity contribution is -0.151. The molecule has 100 valence electrons. The Kier molecular flexibility index (Phi) is 3.14. The SMILES string of the molecule is CC(C1CCOC1)N1C(=O)NC(=O)C(C)(C)C1=O. The van der Waals surface area contributed by atoms with Gasteiger partial charge in [0.25, 0.3) is 0 Å². The van der Waals surface area contributed by atoms with Crippen LogP contribution < -0.4 is 5.32 Å². The summed E-state index contributed by atoms with van der Waals surface area (Å²) in [5.74, 6) is -0.831. The number of carbonyl (C=O) groups is 3. The standard InChI is InChI=1S/C12H18N2O4/c1-7(8-4-5-18-6-8)14-10(16)12(2,3)9(15)13-11(14)17/h7-8H,4-6H2,1-3H3,(H,13,15,17). The highest BCUT2D eigenvalue weighted by Gasteiger charge is 2.49. The molecule has 0 aromatic heterocycles. The zero-order valence-electron chi connectivity index (χ0n) is 10.9. The van der Waals surface area contributed by atoms with Crippen molar-refractivity contribution in [2.45, 2.75) is 33.2 Å². The number of hydrogen-bond acceptors (Lipinski definition) is 4. The number of hydrogen-bond donors (Lipinski definition) is 1. The Bertz CT molecular complexity index is 399. The molecule has 2 rings (SSSR count). The van der Waals surface area contributed by atoms with Crippen LogP contribution >= 0.6 is 0 Å². The zero-order valence-corrected chi connectivity index (χ0v) is 10.9. The van der Waals surface area contributed by atoms with Crippen LogP contribution in [0.25, 0.3) is 0 Å². The molecule has 18 heavy (non-hydrogen) atoms. The highest BCUT2D eigenvalue weighted by molar-refractivity contribution is 6.18. The summed E-state index contributed by atoms with van der Waals surface area (Å²) < 4.78 is 5.28. The molecule has 1 N–H and O–H groups in total. The van der Waals surface area contributed by atoms with E-state index in [1.165, 1.54) is 18.7 Å². The number of amides is 4. The van der Waals surface area contributed by atoms with Crippen LogP contribution in [0.3, 0.4) is 0 Å². The van der Waals surface area contributed by atoms with Gasteiger partial charge in [0.15, 0.2) is 0 Å². The highest BCUT2D eigenvalue weighted by Crippen LogP contribution is 2.29. The van der Waals surface area contributed by atoms with Crippen molar-refractivity contribution in [2.24, 2.45) is 11.3 Å². The van der Waals surface area contributed by atoms with Crippen molar-refractivity contribution < 1.29 is 19.1 Å². The minimum Gasteiger partial charge on any atom is -0.381 e. The molecule has 2 unspecified atom stereocenters. The van der Waals surface area contributed by atoms with Gasteiger partial charge in [-0.05, 0) is 27.2 Å². The van der Waals surface area contributed by atoms with Crippen LogP contribution in [-0.2, 0) is 14.3 Å². The molecule has 2 aliphatic rings. The Balaban J connectivity index is 2.23. The van der Waals surface area contributed by atoms with Crippen molar-refractivity contribution in [3.8, 4) is 0 Å². The van der Waals surface area contributed by atoms with Crippen LogP contribution in [0.4, 0.5) is 4.79 Å². The minimum absolute atomic E-state index is 0.142. The monoisotopic (exact) mass is 254 g/mol. The summed E-state index contributed by atoms with van der Waals surface area (Å²) in [4.78, 5) is 36.9. The molecule has 0 radical (unpaired) electrons. The van der Waals surface area contributed by atoms with E-state index in [1.54, 1.807) is 0 Å². The first kappa shape index (κ1) is 13.0.